The minimum atomic E-state index is -0.328. The molecule has 0 bridgehead atoms. The van der Waals surface area contributed by atoms with Gasteiger partial charge in [-0.2, -0.15) is 0 Å². The van der Waals surface area contributed by atoms with E-state index in [0.29, 0.717) is 0 Å². The molecule has 0 heterocycles. The number of fused-ring (bicyclic) bond motifs is 4. The van der Waals surface area contributed by atoms with E-state index in [9.17, 15) is 0 Å². The highest BCUT2D eigenvalue weighted by atomic mass is 79.9. The van der Waals surface area contributed by atoms with E-state index in [1.807, 2.05) is 0 Å². The molecular formula is C29H19Br. The second-order valence-electron chi connectivity index (χ2n) is 7.91. The summed E-state index contributed by atoms with van der Waals surface area (Å²) < 4.78 is 1.10. The van der Waals surface area contributed by atoms with Crippen LogP contribution in [0, 0.1) is 0 Å². The lowest BCUT2D eigenvalue weighted by atomic mass is 9.67. The van der Waals surface area contributed by atoms with Crippen molar-refractivity contribution >= 4 is 26.7 Å². The van der Waals surface area contributed by atoms with Crippen LogP contribution in [0.5, 0.6) is 0 Å². The summed E-state index contributed by atoms with van der Waals surface area (Å²) in [7, 11) is 0. The highest BCUT2D eigenvalue weighted by Gasteiger charge is 2.45. The summed E-state index contributed by atoms with van der Waals surface area (Å²) in [5.74, 6) is 0. The fourth-order valence-electron chi connectivity index (χ4n) is 5.16. The van der Waals surface area contributed by atoms with Gasteiger partial charge in [-0.05, 0) is 62.4 Å². The van der Waals surface area contributed by atoms with E-state index >= 15 is 0 Å². The zero-order valence-corrected chi connectivity index (χ0v) is 17.9. The summed E-state index contributed by atoms with van der Waals surface area (Å²) in [6, 6.07) is 42.1. The summed E-state index contributed by atoms with van der Waals surface area (Å²) in [6.45, 7) is 0. The standard InChI is InChI=1S/C29H19Br/c30-24-17-15-20-14-16-23(18-21(20)19-24)29(22-8-2-1-3-9-22)27-12-6-4-10-25(27)26-11-5-7-13-28(26)29/h1-19H. The zero-order valence-electron chi connectivity index (χ0n) is 16.3. The third-order valence-electron chi connectivity index (χ3n) is 6.39. The van der Waals surface area contributed by atoms with Gasteiger partial charge in [-0.25, -0.2) is 0 Å². The minimum absolute atomic E-state index is 0.328. The first-order chi connectivity index (χ1) is 14.8. The molecule has 1 aliphatic carbocycles. The van der Waals surface area contributed by atoms with Crippen molar-refractivity contribution in [3.05, 3.63) is 142 Å². The Morgan fingerprint density at radius 2 is 1.07 bits per heavy atom. The van der Waals surface area contributed by atoms with Crippen LogP contribution in [0.25, 0.3) is 21.9 Å². The molecule has 0 spiro atoms. The fourth-order valence-corrected chi connectivity index (χ4v) is 5.54. The molecular weight excluding hydrogens is 428 g/mol. The Morgan fingerprint density at radius 3 is 1.77 bits per heavy atom. The van der Waals surface area contributed by atoms with E-state index in [0.717, 1.165) is 4.47 Å². The van der Waals surface area contributed by atoms with Gasteiger partial charge in [-0.1, -0.05) is 113 Å². The van der Waals surface area contributed by atoms with Crippen LogP contribution in [0.4, 0.5) is 0 Å². The summed E-state index contributed by atoms with van der Waals surface area (Å²) in [5, 5.41) is 2.50. The molecule has 1 heteroatoms. The molecule has 0 saturated carbocycles. The summed E-state index contributed by atoms with van der Waals surface area (Å²) in [6.07, 6.45) is 0. The average Bonchev–Trinajstić information content (AvgIpc) is 3.11. The lowest BCUT2D eigenvalue weighted by Gasteiger charge is -2.34. The first kappa shape index (κ1) is 17.7. The molecule has 5 aromatic carbocycles. The van der Waals surface area contributed by atoms with E-state index in [4.69, 9.17) is 0 Å². The first-order valence-electron chi connectivity index (χ1n) is 10.2. The maximum Gasteiger partial charge on any atom is 0.0713 e. The molecule has 30 heavy (non-hydrogen) atoms. The quantitative estimate of drug-likeness (QED) is 0.253. The summed E-state index contributed by atoms with van der Waals surface area (Å²) in [5.41, 5.74) is 7.63. The van der Waals surface area contributed by atoms with E-state index in [-0.39, 0.29) is 5.41 Å². The Kier molecular flexibility index (Phi) is 3.94. The highest BCUT2D eigenvalue weighted by Crippen LogP contribution is 2.56. The summed E-state index contributed by atoms with van der Waals surface area (Å²) in [4.78, 5) is 0. The number of hydrogen-bond acceptors (Lipinski definition) is 0. The van der Waals surface area contributed by atoms with Gasteiger partial charge >= 0.3 is 0 Å². The van der Waals surface area contributed by atoms with Crippen LogP contribution < -0.4 is 0 Å². The van der Waals surface area contributed by atoms with Crippen molar-refractivity contribution in [1.82, 2.24) is 0 Å². The smallest absolute Gasteiger partial charge is 0.0622 e. The molecule has 0 aliphatic heterocycles. The van der Waals surface area contributed by atoms with Gasteiger partial charge in [-0.3, -0.25) is 0 Å². The van der Waals surface area contributed by atoms with Crippen LogP contribution in [0.2, 0.25) is 0 Å². The molecule has 5 aromatic rings. The molecule has 0 radical (unpaired) electrons. The Morgan fingerprint density at radius 1 is 0.467 bits per heavy atom. The maximum atomic E-state index is 3.65. The molecule has 0 nitrogen and oxygen atoms in total. The molecule has 6 rings (SSSR count). The number of rotatable bonds is 2. The number of hydrogen-bond donors (Lipinski definition) is 0. The molecule has 0 N–H and O–H groups in total. The largest absolute Gasteiger partial charge is 0.0713 e. The van der Waals surface area contributed by atoms with Crippen LogP contribution in [-0.4, -0.2) is 0 Å². The van der Waals surface area contributed by atoms with Gasteiger partial charge in [0.15, 0.2) is 0 Å². The van der Waals surface area contributed by atoms with Crippen molar-refractivity contribution in [2.75, 3.05) is 0 Å². The van der Waals surface area contributed by atoms with Crippen molar-refractivity contribution < 1.29 is 0 Å². The molecule has 0 saturated heterocycles. The van der Waals surface area contributed by atoms with Crippen molar-refractivity contribution in [3.63, 3.8) is 0 Å². The van der Waals surface area contributed by atoms with Crippen LogP contribution in [0.1, 0.15) is 22.3 Å². The normalized spacial score (nSPS) is 13.8. The SMILES string of the molecule is Brc1ccc2ccc(C3(c4ccccc4)c4ccccc4-c4ccccc43)cc2c1. The van der Waals surface area contributed by atoms with Crippen LogP contribution in [0.3, 0.4) is 0 Å². The van der Waals surface area contributed by atoms with Gasteiger partial charge < -0.3 is 0 Å². The number of halogens is 1. The third-order valence-corrected chi connectivity index (χ3v) is 6.89. The van der Waals surface area contributed by atoms with E-state index in [1.165, 1.54) is 44.2 Å². The van der Waals surface area contributed by atoms with Crippen molar-refractivity contribution in [2.45, 2.75) is 5.41 Å². The molecule has 0 amide bonds. The molecule has 0 aromatic heterocycles. The van der Waals surface area contributed by atoms with Gasteiger partial charge in [0.2, 0.25) is 0 Å². The van der Waals surface area contributed by atoms with Crippen LogP contribution in [0.15, 0.2) is 120 Å². The van der Waals surface area contributed by atoms with Gasteiger partial charge in [0.1, 0.15) is 0 Å². The predicted molar refractivity (Wildman–Crippen MR) is 129 cm³/mol. The third kappa shape index (κ3) is 2.39. The van der Waals surface area contributed by atoms with E-state index < -0.39 is 0 Å². The van der Waals surface area contributed by atoms with Gasteiger partial charge in [0, 0.05) is 4.47 Å². The maximum absolute atomic E-state index is 3.65. The van der Waals surface area contributed by atoms with Crippen molar-refractivity contribution in [2.24, 2.45) is 0 Å². The minimum Gasteiger partial charge on any atom is -0.0622 e. The Hall–Kier alpha value is -3.16. The lowest BCUT2D eigenvalue weighted by Crippen LogP contribution is -2.28. The van der Waals surface area contributed by atoms with Crippen LogP contribution in [-0.2, 0) is 5.41 Å². The number of benzene rings is 5. The van der Waals surface area contributed by atoms with Gasteiger partial charge in [0.25, 0.3) is 0 Å². The van der Waals surface area contributed by atoms with Gasteiger partial charge in [-0.15, -0.1) is 0 Å². The molecule has 0 atom stereocenters. The highest BCUT2D eigenvalue weighted by molar-refractivity contribution is 9.10. The van der Waals surface area contributed by atoms with Crippen molar-refractivity contribution in [3.8, 4) is 11.1 Å². The van der Waals surface area contributed by atoms with Crippen LogP contribution >= 0.6 is 15.9 Å². The Balaban J connectivity index is 1.78. The van der Waals surface area contributed by atoms with E-state index in [2.05, 4.69) is 131 Å². The fraction of sp³-hybridized carbons (Fsp3) is 0.0345. The Labute approximate surface area is 185 Å². The second kappa shape index (κ2) is 6.68. The lowest BCUT2D eigenvalue weighted by molar-refractivity contribution is 0.770. The van der Waals surface area contributed by atoms with Crippen molar-refractivity contribution in [1.29, 1.82) is 0 Å². The van der Waals surface area contributed by atoms with Gasteiger partial charge in [0.05, 0.1) is 5.41 Å². The topological polar surface area (TPSA) is 0 Å². The summed E-state index contributed by atoms with van der Waals surface area (Å²) >= 11 is 3.65. The second-order valence-corrected chi connectivity index (χ2v) is 8.83. The molecule has 1 aliphatic rings. The zero-order chi connectivity index (χ0) is 20.1. The first-order valence-corrected chi connectivity index (χ1v) is 11.0. The molecule has 0 fully saturated rings. The molecule has 142 valence electrons. The predicted octanol–water partition coefficient (Wildman–Crippen LogP) is 7.97. The Bertz CT molecular complexity index is 1350. The molecule has 0 unspecified atom stereocenters. The van der Waals surface area contributed by atoms with E-state index in [1.54, 1.807) is 0 Å². The average molecular weight is 447 g/mol. The monoisotopic (exact) mass is 446 g/mol.